The third-order valence-corrected chi connectivity index (χ3v) is 3.28. The molecule has 0 aromatic heterocycles. The van der Waals surface area contributed by atoms with Crippen LogP contribution in [-0.2, 0) is 10.0 Å². The van der Waals surface area contributed by atoms with Crippen LogP contribution in [0.3, 0.4) is 0 Å². The van der Waals surface area contributed by atoms with E-state index in [1.165, 1.54) is 0 Å². The van der Waals surface area contributed by atoms with Crippen LogP contribution in [0.2, 0.25) is 0 Å². The molecule has 1 aromatic carbocycles. The maximum atomic E-state index is 11.9. The standard InChI is InChI=1S/C9H11F3N2O3S/c10-9(11,12)17-7-1-3-8(4-2-7)18(15,16)14-6-5-13/h1-4,14H,5-6,13H2. The number of sulfonamides is 1. The first-order valence-electron chi connectivity index (χ1n) is 4.80. The zero-order valence-electron chi connectivity index (χ0n) is 9.07. The lowest BCUT2D eigenvalue weighted by atomic mass is 10.3. The first-order valence-corrected chi connectivity index (χ1v) is 6.28. The van der Waals surface area contributed by atoms with Gasteiger partial charge in [0.2, 0.25) is 10.0 Å². The fraction of sp³-hybridized carbons (Fsp3) is 0.333. The number of ether oxygens (including phenoxy) is 1. The summed E-state index contributed by atoms with van der Waals surface area (Å²) in [5.41, 5.74) is 5.14. The average molecular weight is 284 g/mol. The molecule has 0 aliphatic rings. The second-order valence-electron chi connectivity index (χ2n) is 3.21. The Morgan fingerprint density at radius 2 is 1.78 bits per heavy atom. The van der Waals surface area contributed by atoms with Gasteiger partial charge in [0, 0.05) is 13.1 Å². The van der Waals surface area contributed by atoms with E-state index in [-0.39, 0.29) is 18.0 Å². The molecule has 0 bridgehead atoms. The summed E-state index contributed by atoms with van der Waals surface area (Å²) in [7, 11) is -3.75. The van der Waals surface area contributed by atoms with Crippen molar-refractivity contribution in [2.24, 2.45) is 5.73 Å². The highest BCUT2D eigenvalue weighted by Crippen LogP contribution is 2.23. The van der Waals surface area contributed by atoms with Crippen LogP contribution >= 0.6 is 0 Å². The molecule has 0 heterocycles. The van der Waals surface area contributed by atoms with Crippen LogP contribution in [0.15, 0.2) is 29.2 Å². The summed E-state index contributed by atoms with van der Waals surface area (Å²) in [4.78, 5) is -0.162. The minimum Gasteiger partial charge on any atom is -0.406 e. The van der Waals surface area contributed by atoms with Crippen LogP contribution in [0.4, 0.5) is 13.2 Å². The quantitative estimate of drug-likeness (QED) is 0.839. The molecule has 1 aromatic rings. The third-order valence-electron chi connectivity index (χ3n) is 1.80. The van der Waals surface area contributed by atoms with Crippen LogP contribution in [0.5, 0.6) is 5.75 Å². The molecule has 102 valence electrons. The van der Waals surface area contributed by atoms with Crippen LogP contribution in [0.1, 0.15) is 0 Å². The molecule has 0 amide bonds. The van der Waals surface area contributed by atoms with Crippen molar-refractivity contribution in [1.29, 1.82) is 0 Å². The number of rotatable bonds is 5. The van der Waals surface area contributed by atoms with Gasteiger partial charge in [0.15, 0.2) is 0 Å². The number of nitrogens with two attached hydrogens (primary N) is 1. The fourth-order valence-electron chi connectivity index (χ4n) is 1.10. The van der Waals surface area contributed by atoms with E-state index in [9.17, 15) is 21.6 Å². The first-order chi connectivity index (χ1) is 8.24. The molecule has 0 unspecified atom stereocenters. The van der Waals surface area contributed by atoms with E-state index in [4.69, 9.17) is 5.73 Å². The summed E-state index contributed by atoms with van der Waals surface area (Å²) in [5.74, 6) is -0.486. The van der Waals surface area contributed by atoms with Gasteiger partial charge in [-0.25, -0.2) is 13.1 Å². The molecular weight excluding hydrogens is 273 g/mol. The van der Waals surface area contributed by atoms with Gasteiger partial charge in [-0.2, -0.15) is 0 Å². The minimum atomic E-state index is -4.81. The van der Waals surface area contributed by atoms with Gasteiger partial charge in [-0.1, -0.05) is 0 Å². The predicted molar refractivity (Wildman–Crippen MR) is 57.4 cm³/mol. The molecule has 0 spiro atoms. The zero-order chi connectivity index (χ0) is 13.8. The summed E-state index contributed by atoms with van der Waals surface area (Å²) < 4.78 is 64.5. The lowest BCUT2D eigenvalue weighted by Crippen LogP contribution is -2.29. The Labute approximate surface area is 102 Å². The van der Waals surface area contributed by atoms with E-state index in [0.717, 1.165) is 24.3 Å². The molecule has 9 heteroatoms. The minimum absolute atomic E-state index is 0.0448. The van der Waals surface area contributed by atoms with E-state index in [1.54, 1.807) is 0 Å². The largest absolute Gasteiger partial charge is 0.573 e. The van der Waals surface area contributed by atoms with Crippen LogP contribution in [0.25, 0.3) is 0 Å². The van der Waals surface area contributed by atoms with E-state index < -0.39 is 22.1 Å². The molecule has 0 fully saturated rings. The van der Waals surface area contributed by atoms with Gasteiger partial charge < -0.3 is 10.5 Å². The Bertz CT molecular complexity index is 485. The third kappa shape index (κ3) is 4.51. The number of hydrogen-bond acceptors (Lipinski definition) is 4. The summed E-state index contributed by atoms with van der Waals surface area (Å²) in [6.45, 7) is 0.164. The lowest BCUT2D eigenvalue weighted by Gasteiger charge is -2.09. The Balaban J connectivity index is 2.83. The first kappa shape index (κ1) is 14.7. The molecule has 0 aliphatic carbocycles. The summed E-state index contributed by atoms with van der Waals surface area (Å²) in [6, 6.07) is 3.87. The van der Waals surface area contributed by atoms with Gasteiger partial charge in [0.05, 0.1) is 4.90 Å². The van der Waals surface area contributed by atoms with Crippen molar-refractivity contribution in [2.75, 3.05) is 13.1 Å². The van der Waals surface area contributed by atoms with E-state index in [1.807, 2.05) is 0 Å². The topological polar surface area (TPSA) is 81.4 Å². The number of alkyl halides is 3. The monoisotopic (exact) mass is 284 g/mol. The summed E-state index contributed by atoms with van der Waals surface area (Å²) in [5, 5.41) is 0. The Morgan fingerprint density at radius 3 is 2.22 bits per heavy atom. The number of hydrogen-bond donors (Lipinski definition) is 2. The predicted octanol–water partition coefficient (Wildman–Crippen LogP) is 0.822. The van der Waals surface area contributed by atoms with E-state index in [2.05, 4.69) is 9.46 Å². The van der Waals surface area contributed by atoms with Crippen molar-refractivity contribution >= 4 is 10.0 Å². The smallest absolute Gasteiger partial charge is 0.406 e. The Morgan fingerprint density at radius 1 is 1.22 bits per heavy atom. The van der Waals surface area contributed by atoms with Crippen molar-refractivity contribution < 1.29 is 26.3 Å². The zero-order valence-corrected chi connectivity index (χ0v) is 9.88. The van der Waals surface area contributed by atoms with Crippen LogP contribution in [0, 0.1) is 0 Å². The van der Waals surface area contributed by atoms with Crippen molar-refractivity contribution in [2.45, 2.75) is 11.3 Å². The van der Waals surface area contributed by atoms with Crippen LogP contribution < -0.4 is 15.2 Å². The van der Waals surface area contributed by atoms with Gasteiger partial charge in [-0.05, 0) is 24.3 Å². The SMILES string of the molecule is NCCNS(=O)(=O)c1ccc(OC(F)(F)F)cc1. The molecule has 1 rings (SSSR count). The second kappa shape index (κ2) is 5.55. The lowest BCUT2D eigenvalue weighted by molar-refractivity contribution is -0.274. The van der Waals surface area contributed by atoms with Gasteiger partial charge in [0.1, 0.15) is 5.75 Å². The number of nitrogens with one attached hydrogen (secondary N) is 1. The van der Waals surface area contributed by atoms with Gasteiger partial charge in [0.25, 0.3) is 0 Å². The van der Waals surface area contributed by atoms with Crippen molar-refractivity contribution in [3.05, 3.63) is 24.3 Å². The Hall–Kier alpha value is -1.32. The van der Waals surface area contributed by atoms with E-state index in [0.29, 0.717) is 0 Å². The maximum absolute atomic E-state index is 11.9. The summed E-state index contributed by atoms with van der Waals surface area (Å²) >= 11 is 0. The number of benzene rings is 1. The van der Waals surface area contributed by atoms with Crippen molar-refractivity contribution in [3.63, 3.8) is 0 Å². The molecule has 3 N–H and O–H groups in total. The normalized spacial score (nSPS) is 12.4. The number of halogens is 3. The van der Waals surface area contributed by atoms with Crippen molar-refractivity contribution in [1.82, 2.24) is 4.72 Å². The molecule has 0 saturated carbocycles. The van der Waals surface area contributed by atoms with Crippen molar-refractivity contribution in [3.8, 4) is 5.75 Å². The van der Waals surface area contributed by atoms with Crippen LogP contribution in [-0.4, -0.2) is 27.9 Å². The molecule has 0 aliphatic heterocycles. The highest BCUT2D eigenvalue weighted by molar-refractivity contribution is 7.89. The molecule has 18 heavy (non-hydrogen) atoms. The molecule has 0 radical (unpaired) electrons. The second-order valence-corrected chi connectivity index (χ2v) is 4.97. The molecular formula is C9H11F3N2O3S. The van der Waals surface area contributed by atoms with Gasteiger partial charge in [-0.15, -0.1) is 13.2 Å². The summed E-state index contributed by atoms with van der Waals surface area (Å²) in [6.07, 6.45) is -4.81. The van der Waals surface area contributed by atoms with E-state index >= 15 is 0 Å². The van der Waals surface area contributed by atoms with Gasteiger partial charge in [-0.3, -0.25) is 0 Å². The average Bonchev–Trinajstić information content (AvgIpc) is 2.25. The highest BCUT2D eigenvalue weighted by Gasteiger charge is 2.31. The molecule has 0 saturated heterocycles. The molecule has 5 nitrogen and oxygen atoms in total. The maximum Gasteiger partial charge on any atom is 0.573 e. The fourth-order valence-corrected chi connectivity index (χ4v) is 2.14. The highest BCUT2D eigenvalue weighted by atomic mass is 32.2. The Kier molecular flexibility index (Phi) is 4.54. The van der Waals surface area contributed by atoms with Gasteiger partial charge >= 0.3 is 6.36 Å². The molecule has 0 atom stereocenters.